The minimum Gasteiger partial charge on any atom is -0.497 e. The fourth-order valence-electron chi connectivity index (χ4n) is 8.35. The van der Waals surface area contributed by atoms with Crippen LogP contribution in [0, 0.1) is 0 Å². The van der Waals surface area contributed by atoms with Crippen LogP contribution < -0.4 is 9.47 Å². The molecule has 6 nitrogen and oxygen atoms in total. The third kappa shape index (κ3) is 13.9. The highest BCUT2D eigenvalue weighted by Gasteiger charge is 2.45. The lowest BCUT2D eigenvalue weighted by molar-refractivity contribution is -0.156. The van der Waals surface area contributed by atoms with E-state index in [4.69, 9.17) is 23.7 Å². The Labute approximate surface area is 365 Å². The Morgan fingerprint density at radius 3 is 1.52 bits per heavy atom. The van der Waals surface area contributed by atoms with E-state index in [1.165, 1.54) is 70.6 Å². The van der Waals surface area contributed by atoms with E-state index in [-0.39, 0.29) is 19.2 Å². The Morgan fingerprint density at radius 2 is 1.02 bits per heavy atom. The van der Waals surface area contributed by atoms with Crippen molar-refractivity contribution in [1.82, 2.24) is 0 Å². The normalized spacial score (nSPS) is 15.8. The molecule has 61 heavy (non-hydrogen) atoms. The van der Waals surface area contributed by atoms with Crippen molar-refractivity contribution in [2.45, 2.75) is 114 Å². The number of hydrogen-bond donors (Lipinski definition) is 0. The molecule has 6 heteroatoms. The molecule has 0 amide bonds. The van der Waals surface area contributed by atoms with Gasteiger partial charge in [-0.05, 0) is 65.8 Å². The average Bonchev–Trinajstić information content (AvgIpc) is 3.63. The average molecular weight is 823 g/mol. The highest BCUT2D eigenvalue weighted by molar-refractivity contribution is 5.91. The molecule has 1 aliphatic heterocycles. The quantitative estimate of drug-likeness (QED) is 0.0217. The van der Waals surface area contributed by atoms with Crippen LogP contribution in [0.25, 0.3) is 0 Å². The molecule has 1 atom stereocenters. The van der Waals surface area contributed by atoms with Gasteiger partial charge in [-0.25, -0.2) is 4.79 Å². The van der Waals surface area contributed by atoms with Gasteiger partial charge in [-0.3, -0.25) is 0 Å². The van der Waals surface area contributed by atoms with Crippen molar-refractivity contribution < 1.29 is 28.5 Å². The number of rotatable bonds is 28. The minimum atomic E-state index is -0.866. The van der Waals surface area contributed by atoms with Crippen LogP contribution in [0.2, 0.25) is 0 Å². The maximum Gasteiger partial charge on any atom is 0.334 e. The van der Waals surface area contributed by atoms with Gasteiger partial charge in [0.1, 0.15) is 23.7 Å². The number of unbranched alkanes of at least 4 members (excludes halogenated alkanes) is 13. The predicted molar refractivity (Wildman–Crippen MR) is 246 cm³/mol. The van der Waals surface area contributed by atoms with Gasteiger partial charge >= 0.3 is 5.97 Å². The Hall–Kier alpha value is -5.17. The van der Waals surface area contributed by atoms with Crippen molar-refractivity contribution in [1.29, 1.82) is 0 Å². The third-order valence-electron chi connectivity index (χ3n) is 11.7. The van der Waals surface area contributed by atoms with E-state index < -0.39 is 11.2 Å². The number of carbonyl (C=O) groups excluding carboxylic acids is 1. The molecule has 1 fully saturated rings. The molecule has 1 heterocycles. The summed E-state index contributed by atoms with van der Waals surface area (Å²) in [6.07, 6.45) is 19.6. The second-order valence-electron chi connectivity index (χ2n) is 16.4. The van der Waals surface area contributed by atoms with Crippen molar-refractivity contribution in [3.63, 3.8) is 0 Å². The molecule has 1 aliphatic rings. The molecule has 1 unspecified atom stereocenters. The van der Waals surface area contributed by atoms with Gasteiger partial charge in [0, 0.05) is 18.6 Å². The van der Waals surface area contributed by atoms with Gasteiger partial charge in [0.15, 0.2) is 5.60 Å². The largest absolute Gasteiger partial charge is 0.497 e. The lowest BCUT2D eigenvalue weighted by Gasteiger charge is -2.36. The number of hydrogen-bond acceptors (Lipinski definition) is 6. The minimum absolute atomic E-state index is 0.216. The lowest BCUT2D eigenvalue weighted by Crippen LogP contribution is -2.40. The van der Waals surface area contributed by atoms with Gasteiger partial charge in [0.2, 0.25) is 0 Å². The smallest absolute Gasteiger partial charge is 0.334 e. The van der Waals surface area contributed by atoms with E-state index >= 15 is 0 Å². The van der Waals surface area contributed by atoms with E-state index in [0.717, 1.165) is 59.4 Å². The predicted octanol–water partition coefficient (Wildman–Crippen LogP) is 13.4. The summed E-state index contributed by atoms with van der Waals surface area (Å²) < 4.78 is 30.5. The molecule has 0 spiro atoms. The molecule has 5 aromatic carbocycles. The molecular weight excluding hydrogens is 757 g/mol. The van der Waals surface area contributed by atoms with Gasteiger partial charge in [-0.15, -0.1) is 0 Å². The number of benzene rings is 5. The van der Waals surface area contributed by atoms with E-state index in [2.05, 4.69) is 97.1 Å². The van der Waals surface area contributed by atoms with E-state index in [9.17, 15) is 4.79 Å². The molecule has 1 saturated heterocycles. The number of ether oxygens (including phenoxy) is 5. The fourth-order valence-corrected chi connectivity index (χ4v) is 8.35. The van der Waals surface area contributed by atoms with Crippen LogP contribution in [0.1, 0.15) is 119 Å². The van der Waals surface area contributed by atoms with Crippen LogP contribution >= 0.6 is 0 Å². The molecule has 0 radical (unpaired) electrons. The van der Waals surface area contributed by atoms with Crippen molar-refractivity contribution >= 4 is 5.97 Å². The summed E-state index contributed by atoms with van der Waals surface area (Å²) in [5.41, 5.74) is 3.79. The topological polar surface area (TPSA) is 63.2 Å². The number of methoxy groups -OCH3 is 1. The second-order valence-corrected chi connectivity index (χ2v) is 16.4. The summed E-state index contributed by atoms with van der Waals surface area (Å²) in [6.45, 7) is 1.64. The van der Waals surface area contributed by atoms with Crippen molar-refractivity contribution in [3.05, 3.63) is 179 Å². The molecule has 0 saturated carbocycles. The summed E-state index contributed by atoms with van der Waals surface area (Å²) in [4.78, 5) is 13.1. The standard InChI is InChI=1S/C55H66O6/c1-57-51-37-39-52(40-38-51)59-45-54(44-58-43-46-28-18-14-19-29-46)42-47(53(56)61-54)30-20-12-10-8-6-4-2-3-5-7-9-11-13-27-41-60-55(48-31-21-15-22-32-48,49-33-23-16-24-34-49)50-35-25-17-26-36-50/h14-19,21-26,28-40H,2-13,20,27,41-45H2,1H3/b47-30-. The summed E-state index contributed by atoms with van der Waals surface area (Å²) in [5, 5.41) is 0. The molecule has 5 aromatic rings. The summed E-state index contributed by atoms with van der Waals surface area (Å²) in [5.74, 6) is 1.19. The van der Waals surface area contributed by atoms with Gasteiger partial charge in [0.25, 0.3) is 0 Å². The first kappa shape index (κ1) is 45.4. The van der Waals surface area contributed by atoms with Crippen molar-refractivity contribution in [3.8, 4) is 11.5 Å². The molecular formula is C55H66O6. The Bertz CT molecular complexity index is 1880. The van der Waals surface area contributed by atoms with E-state index in [1.54, 1.807) is 7.11 Å². The van der Waals surface area contributed by atoms with E-state index in [0.29, 0.717) is 18.8 Å². The number of esters is 1. The van der Waals surface area contributed by atoms with Crippen LogP contribution in [0.15, 0.2) is 157 Å². The number of carbonyl (C=O) groups is 1. The summed E-state index contributed by atoms with van der Waals surface area (Å²) in [6, 6.07) is 49.5. The van der Waals surface area contributed by atoms with Crippen molar-refractivity contribution in [2.75, 3.05) is 26.9 Å². The fraction of sp³-hybridized carbons (Fsp3) is 0.400. The molecule has 0 bridgehead atoms. The Balaban J connectivity index is 0.825. The van der Waals surface area contributed by atoms with Gasteiger partial charge in [-0.2, -0.15) is 0 Å². The first-order chi connectivity index (χ1) is 30.1. The monoisotopic (exact) mass is 822 g/mol. The summed E-state index contributed by atoms with van der Waals surface area (Å²) in [7, 11) is 1.64. The zero-order valence-corrected chi connectivity index (χ0v) is 36.3. The Kier molecular flexibility index (Phi) is 18.5. The maximum atomic E-state index is 13.1. The van der Waals surface area contributed by atoms with Gasteiger partial charge in [0.05, 0.1) is 20.3 Å². The third-order valence-corrected chi connectivity index (χ3v) is 11.7. The summed E-state index contributed by atoms with van der Waals surface area (Å²) >= 11 is 0. The van der Waals surface area contributed by atoms with Crippen LogP contribution in [-0.2, 0) is 31.2 Å². The zero-order valence-electron chi connectivity index (χ0n) is 36.3. The van der Waals surface area contributed by atoms with E-state index in [1.807, 2.05) is 54.6 Å². The lowest BCUT2D eigenvalue weighted by atomic mass is 9.80. The number of allylic oxidation sites excluding steroid dienone is 1. The first-order valence-corrected chi connectivity index (χ1v) is 22.7. The van der Waals surface area contributed by atoms with Crippen molar-refractivity contribution in [2.24, 2.45) is 0 Å². The molecule has 6 rings (SSSR count). The van der Waals surface area contributed by atoms with Crippen LogP contribution in [-0.4, -0.2) is 38.5 Å². The van der Waals surface area contributed by atoms with Crippen LogP contribution in [0.5, 0.6) is 11.5 Å². The highest BCUT2D eigenvalue weighted by Crippen LogP contribution is 2.41. The zero-order chi connectivity index (χ0) is 42.3. The second kappa shape index (κ2) is 24.9. The molecule has 322 valence electrons. The first-order valence-electron chi connectivity index (χ1n) is 22.7. The highest BCUT2D eigenvalue weighted by atomic mass is 16.6. The van der Waals surface area contributed by atoms with Crippen LogP contribution in [0.4, 0.5) is 0 Å². The Morgan fingerprint density at radius 1 is 0.557 bits per heavy atom. The van der Waals surface area contributed by atoms with Gasteiger partial charge < -0.3 is 23.7 Å². The molecule has 0 N–H and O–H groups in total. The van der Waals surface area contributed by atoms with Gasteiger partial charge in [-0.1, -0.05) is 198 Å². The maximum absolute atomic E-state index is 13.1. The molecule has 0 aliphatic carbocycles. The molecule has 0 aromatic heterocycles. The number of cyclic esters (lactones) is 1. The van der Waals surface area contributed by atoms with Crippen LogP contribution in [0.3, 0.4) is 0 Å². The SMILES string of the molecule is COc1ccc(OCC2(COCc3ccccc3)C/C(=C/CCCCCCCCCCCCCCCOC(c3ccccc3)(c3ccccc3)c3ccccc3)C(=O)O2)cc1.